The normalized spacial score (nSPS) is 20.2. The SMILES string of the molecule is CCNCc1cc(S(=O)(=O)NCC2CCN(CC)C2)cs1. The lowest BCUT2D eigenvalue weighted by molar-refractivity contribution is 0.342. The number of hydrogen-bond donors (Lipinski definition) is 2. The van der Waals surface area contributed by atoms with Gasteiger partial charge in [0.25, 0.3) is 0 Å². The topological polar surface area (TPSA) is 61.4 Å². The molecular weight excluding hydrogens is 306 g/mol. The fraction of sp³-hybridized carbons (Fsp3) is 0.714. The highest BCUT2D eigenvalue weighted by Crippen LogP contribution is 2.20. The number of likely N-dealkylation sites (tertiary alicyclic amines) is 1. The summed E-state index contributed by atoms with van der Waals surface area (Å²) in [5, 5.41) is 4.93. The molecule has 2 rings (SSSR count). The molecule has 1 saturated heterocycles. The Morgan fingerprint density at radius 3 is 2.90 bits per heavy atom. The predicted octanol–water partition coefficient (Wildman–Crippen LogP) is 1.48. The van der Waals surface area contributed by atoms with Crippen LogP contribution >= 0.6 is 11.3 Å². The van der Waals surface area contributed by atoms with Gasteiger partial charge in [0.1, 0.15) is 0 Å². The Kier molecular flexibility index (Phi) is 6.19. The second kappa shape index (κ2) is 7.69. The van der Waals surface area contributed by atoms with E-state index >= 15 is 0 Å². The molecule has 1 aromatic heterocycles. The van der Waals surface area contributed by atoms with Gasteiger partial charge in [0, 0.05) is 29.9 Å². The lowest BCUT2D eigenvalue weighted by atomic mass is 10.1. The first-order chi connectivity index (χ1) is 10.0. The summed E-state index contributed by atoms with van der Waals surface area (Å²) >= 11 is 1.49. The fourth-order valence-corrected chi connectivity index (χ4v) is 4.88. The predicted molar refractivity (Wildman–Crippen MR) is 87.1 cm³/mol. The van der Waals surface area contributed by atoms with E-state index in [1.54, 1.807) is 11.4 Å². The molecule has 1 unspecified atom stereocenters. The third kappa shape index (κ3) is 4.75. The van der Waals surface area contributed by atoms with Crippen LogP contribution in [0.25, 0.3) is 0 Å². The fourth-order valence-electron chi connectivity index (χ4n) is 2.52. The standard InChI is InChI=1S/C14H25N3O2S2/c1-3-15-9-13-7-14(11-20-13)21(18,19)16-8-12-5-6-17(4-2)10-12/h7,11-12,15-16H,3-6,8-10H2,1-2H3. The second-order valence-electron chi connectivity index (χ2n) is 5.43. The second-order valence-corrected chi connectivity index (χ2v) is 8.19. The van der Waals surface area contributed by atoms with Gasteiger partial charge >= 0.3 is 0 Å². The Morgan fingerprint density at radius 2 is 2.24 bits per heavy atom. The summed E-state index contributed by atoms with van der Waals surface area (Å²) in [5.41, 5.74) is 0. The van der Waals surface area contributed by atoms with Crippen molar-refractivity contribution in [3.8, 4) is 0 Å². The zero-order valence-corrected chi connectivity index (χ0v) is 14.4. The maximum Gasteiger partial charge on any atom is 0.241 e. The van der Waals surface area contributed by atoms with E-state index in [4.69, 9.17) is 0 Å². The molecule has 1 atom stereocenters. The van der Waals surface area contributed by atoms with Crippen LogP contribution in [0, 0.1) is 5.92 Å². The van der Waals surface area contributed by atoms with E-state index in [0.29, 0.717) is 17.4 Å². The Bertz CT molecular complexity index is 542. The van der Waals surface area contributed by atoms with Gasteiger partial charge < -0.3 is 10.2 Å². The number of nitrogens with zero attached hydrogens (tertiary/aromatic N) is 1. The van der Waals surface area contributed by atoms with E-state index in [2.05, 4.69) is 21.9 Å². The van der Waals surface area contributed by atoms with Crippen LogP contribution in [-0.4, -0.2) is 46.0 Å². The lowest BCUT2D eigenvalue weighted by Gasteiger charge is -2.13. The van der Waals surface area contributed by atoms with Gasteiger partial charge in [-0.1, -0.05) is 13.8 Å². The van der Waals surface area contributed by atoms with E-state index in [-0.39, 0.29) is 0 Å². The van der Waals surface area contributed by atoms with E-state index in [1.165, 1.54) is 11.3 Å². The number of sulfonamides is 1. The van der Waals surface area contributed by atoms with E-state index in [9.17, 15) is 8.42 Å². The monoisotopic (exact) mass is 331 g/mol. The quantitative estimate of drug-likeness (QED) is 0.757. The van der Waals surface area contributed by atoms with Gasteiger partial charge in [-0.05, 0) is 38.0 Å². The minimum atomic E-state index is -3.36. The molecule has 1 aromatic rings. The Hall–Kier alpha value is -0.470. The average Bonchev–Trinajstić information content (AvgIpc) is 3.12. The molecule has 7 heteroatoms. The highest BCUT2D eigenvalue weighted by Gasteiger charge is 2.24. The van der Waals surface area contributed by atoms with Gasteiger partial charge in [-0.2, -0.15) is 0 Å². The molecule has 0 aliphatic carbocycles. The van der Waals surface area contributed by atoms with Crippen LogP contribution in [-0.2, 0) is 16.6 Å². The number of hydrogen-bond acceptors (Lipinski definition) is 5. The summed E-state index contributed by atoms with van der Waals surface area (Å²) in [5.74, 6) is 0.430. The minimum absolute atomic E-state index is 0.394. The van der Waals surface area contributed by atoms with Crippen molar-refractivity contribution in [2.24, 2.45) is 5.92 Å². The molecule has 0 amide bonds. The molecule has 0 aromatic carbocycles. The van der Waals surface area contributed by atoms with Crippen LogP contribution < -0.4 is 10.0 Å². The zero-order chi connectivity index (χ0) is 15.3. The lowest BCUT2D eigenvalue weighted by Crippen LogP contribution is -2.30. The average molecular weight is 332 g/mol. The first-order valence-electron chi connectivity index (χ1n) is 7.55. The van der Waals surface area contributed by atoms with E-state index in [1.807, 2.05) is 6.92 Å². The molecule has 1 fully saturated rings. The van der Waals surface area contributed by atoms with Gasteiger partial charge in [0.05, 0.1) is 4.90 Å². The molecule has 0 saturated carbocycles. The minimum Gasteiger partial charge on any atom is -0.312 e. The summed E-state index contributed by atoms with van der Waals surface area (Å²) < 4.78 is 27.3. The van der Waals surface area contributed by atoms with Gasteiger partial charge in [-0.25, -0.2) is 13.1 Å². The van der Waals surface area contributed by atoms with Crippen LogP contribution in [0.3, 0.4) is 0 Å². The van der Waals surface area contributed by atoms with Gasteiger partial charge in [-0.15, -0.1) is 11.3 Å². The van der Waals surface area contributed by atoms with Crippen molar-refractivity contribution in [1.82, 2.24) is 14.9 Å². The summed E-state index contributed by atoms with van der Waals surface area (Å²) in [7, 11) is -3.36. The number of nitrogens with one attached hydrogen (secondary N) is 2. The van der Waals surface area contributed by atoms with Crippen LogP contribution in [0.4, 0.5) is 0 Å². The smallest absolute Gasteiger partial charge is 0.241 e. The molecule has 1 aliphatic heterocycles. The molecule has 0 bridgehead atoms. The first kappa shape index (κ1) is 16.9. The van der Waals surface area contributed by atoms with Crippen molar-refractivity contribution >= 4 is 21.4 Å². The van der Waals surface area contributed by atoms with Gasteiger partial charge in [0.2, 0.25) is 10.0 Å². The van der Waals surface area contributed by atoms with Crippen LogP contribution in [0.2, 0.25) is 0 Å². The highest BCUT2D eigenvalue weighted by atomic mass is 32.2. The maximum atomic E-state index is 12.3. The zero-order valence-electron chi connectivity index (χ0n) is 12.8. The Labute approximate surface area is 131 Å². The molecular formula is C14H25N3O2S2. The van der Waals surface area contributed by atoms with Gasteiger partial charge in [0.15, 0.2) is 0 Å². The molecule has 0 radical (unpaired) electrons. The summed E-state index contributed by atoms with van der Waals surface area (Å²) in [6, 6.07) is 1.77. The summed E-state index contributed by atoms with van der Waals surface area (Å²) in [6.07, 6.45) is 1.08. The Balaban J connectivity index is 1.88. The third-order valence-corrected chi connectivity index (χ3v) is 6.36. The van der Waals surface area contributed by atoms with Crippen LogP contribution in [0.1, 0.15) is 25.1 Å². The van der Waals surface area contributed by atoms with Crippen molar-refractivity contribution in [1.29, 1.82) is 0 Å². The van der Waals surface area contributed by atoms with Crippen LogP contribution in [0.5, 0.6) is 0 Å². The number of thiophene rings is 1. The number of rotatable bonds is 8. The molecule has 0 spiro atoms. The van der Waals surface area contributed by atoms with Crippen molar-refractivity contribution in [2.45, 2.75) is 31.7 Å². The molecule has 1 aliphatic rings. The van der Waals surface area contributed by atoms with Crippen molar-refractivity contribution in [3.05, 3.63) is 16.3 Å². The van der Waals surface area contributed by atoms with E-state index in [0.717, 1.165) is 44.0 Å². The molecule has 2 heterocycles. The highest BCUT2D eigenvalue weighted by molar-refractivity contribution is 7.89. The molecule has 120 valence electrons. The van der Waals surface area contributed by atoms with Gasteiger partial charge in [-0.3, -0.25) is 0 Å². The van der Waals surface area contributed by atoms with Crippen molar-refractivity contribution in [2.75, 3.05) is 32.7 Å². The Morgan fingerprint density at radius 1 is 1.43 bits per heavy atom. The largest absolute Gasteiger partial charge is 0.312 e. The first-order valence-corrected chi connectivity index (χ1v) is 9.91. The van der Waals surface area contributed by atoms with Crippen molar-refractivity contribution < 1.29 is 8.42 Å². The van der Waals surface area contributed by atoms with Crippen molar-refractivity contribution in [3.63, 3.8) is 0 Å². The maximum absolute atomic E-state index is 12.3. The van der Waals surface area contributed by atoms with Crippen LogP contribution in [0.15, 0.2) is 16.3 Å². The van der Waals surface area contributed by atoms with E-state index < -0.39 is 10.0 Å². The molecule has 2 N–H and O–H groups in total. The third-order valence-electron chi connectivity index (χ3n) is 3.87. The molecule has 21 heavy (non-hydrogen) atoms. The summed E-state index contributed by atoms with van der Waals surface area (Å²) in [4.78, 5) is 3.80. The molecule has 5 nitrogen and oxygen atoms in total. The summed E-state index contributed by atoms with van der Waals surface area (Å²) in [6.45, 7) is 9.44.